The van der Waals surface area contributed by atoms with Gasteiger partial charge in [0.15, 0.2) is 5.69 Å². The lowest BCUT2D eigenvalue weighted by atomic mass is 9.89. The van der Waals surface area contributed by atoms with Gasteiger partial charge in [0, 0.05) is 16.8 Å². The lowest BCUT2D eigenvalue weighted by Crippen LogP contribution is -2.26. The Labute approximate surface area is 212 Å². The zero-order valence-electron chi connectivity index (χ0n) is 20.6. The third-order valence-corrected chi connectivity index (χ3v) is 7.99. The maximum absolute atomic E-state index is 13.1. The highest BCUT2D eigenvalue weighted by Gasteiger charge is 2.24. The predicted octanol–water partition coefficient (Wildman–Crippen LogP) is 4.76. The number of aromatic nitrogens is 4. The van der Waals surface area contributed by atoms with Crippen molar-refractivity contribution in [2.24, 2.45) is 5.92 Å². The molecule has 3 heterocycles. The van der Waals surface area contributed by atoms with Gasteiger partial charge in [0.1, 0.15) is 17.3 Å². The Hall–Kier alpha value is -3.33. The fraction of sp³-hybridized carbons (Fsp3) is 0.444. The SMILES string of the molecule is CCCCCCn1nc(C(=O)OCc2nc3sc4c(c3c(=O)[nH]2)CCC(C)C4)c2ccccc2c1=O. The number of thiophene rings is 1. The van der Waals surface area contributed by atoms with Crippen molar-refractivity contribution in [3.05, 3.63) is 66.9 Å². The van der Waals surface area contributed by atoms with Gasteiger partial charge in [-0.15, -0.1) is 11.3 Å². The van der Waals surface area contributed by atoms with Crippen molar-refractivity contribution in [1.82, 2.24) is 19.7 Å². The Morgan fingerprint density at radius 1 is 1.19 bits per heavy atom. The summed E-state index contributed by atoms with van der Waals surface area (Å²) < 4.78 is 6.90. The number of esters is 1. The van der Waals surface area contributed by atoms with Gasteiger partial charge in [0.2, 0.25) is 0 Å². The van der Waals surface area contributed by atoms with Gasteiger partial charge >= 0.3 is 5.97 Å². The minimum Gasteiger partial charge on any atom is -0.453 e. The van der Waals surface area contributed by atoms with E-state index in [0.29, 0.717) is 39.3 Å². The van der Waals surface area contributed by atoms with Gasteiger partial charge in [0.25, 0.3) is 11.1 Å². The summed E-state index contributed by atoms with van der Waals surface area (Å²) in [4.78, 5) is 48.2. The van der Waals surface area contributed by atoms with Crippen LogP contribution < -0.4 is 11.1 Å². The van der Waals surface area contributed by atoms with Crippen molar-refractivity contribution in [2.75, 3.05) is 0 Å². The number of hydrogen-bond donors (Lipinski definition) is 1. The molecule has 0 radical (unpaired) electrons. The van der Waals surface area contributed by atoms with Crippen LogP contribution in [0.25, 0.3) is 21.0 Å². The number of benzene rings is 1. The zero-order valence-corrected chi connectivity index (χ0v) is 21.5. The van der Waals surface area contributed by atoms with Crippen LogP contribution in [0.5, 0.6) is 0 Å². The highest BCUT2D eigenvalue weighted by Crippen LogP contribution is 2.35. The number of ether oxygens (including phenoxy) is 1. The van der Waals surface area contributed by atoms with Crippen LogP contribution in [0.3, 0.4) is 0 Å². The molecule has 0 amide bonds. The highest BCUT2D eigenvalue weighted by atomic mass is 32.1. The maximum atomic E-state index is 13.1. The van der Waals surface area contributed by atoms with E-state index in [1.54, 1.807) is 35.6 Å². The molecule has 5 rings (SSSR count). The van der Waals surface area contributed by atoms with Crippen LogP contribution in [0.15, 0.2) is 33.9 Å². The topological polar surface area (TPSA) is 107 Å². The summed E-state index contributed by atoms with van der Waals surface area (Å²) in [5, 5.41) is 5.92. The largest absolute Gasteiger partial charge is 0.453 e. The number of aryl methyl sites for hydroxylation is 2. The molecule has 0 bridgehead atoms. The van der Waals surface area contributed by atoms with Crippen molar-refractivity contribution in [1.29, 1.82) is 0 Å². The number of carbonyl (C=O) groups is 1. The number of unbranched alkanes of at least 4 members (excludes halogenated alkanes) is 3. The van der Waals surface area contributed by atoms with Crippen LogP contribution in [0.1, 0.15) is 72.7 Å². The molecule has 1 unspecified atom stereocenters. The van der Waals surface area contributed by atoms with E-state index in [1.807, 2.05) is 0 Å². The molecule has 0 aliphatic heterocycles. The van der Waals surface area contributed by atoms with Crippen molar-refractivity contribution in [3.8, 4) is 0 Å². The Kier molecular flexibility index (Phi) is 7.00. The first-order valence-electron chi connectivity index (χ1n) is 12.7. The van der Waals surface area contributed by atoms with Gasteiger partial charge in [0.05, 0.1) is 10.8 Å². The second-order valence-electron chi connectivity index (χ2n) is 9.60. The molecule has 0 saturated heterocycles. The number of nitrogens with zero attached hydrogens (tertiary/aromatic N) is 3. The second kappa shape index (κ2) is 10.3. The molecule has 1 N–H and O–H groups in total. The first-order valence-corrected chi connectivity index (χ1v) is 13.5. The van der Waals surface area contributed by atoms with E-state index in [-0.39, 0.29) is 23.4 Å². The molecule has 1 aromatic carbocycles. The van der Waals surface area contributed by atoms with Crippen molar-refractivity contribution >= 4 is 38.3 Å². The Morgan fingerprint density at radius 3 is 2.81 bits per heavy atom. The van der Waals surface area contributed by atoms with Crippen LogP contribution in [0, 0.1) is 5.92 Å². The summed E-state index contributed by atoms with van der Waals surface area (Å²) in [7, 11) is 0. The summed E-state index contributed by atoms with van der Waals surface area (Å²) in [6.45, 7) is 4.61. The first kappa shape index (κ1) is 24.4. The van der Waals surface area contributed by atoms with Crippen molar-refractivity contribution < 1.29 is 9.53 Å². The molecule has 4 aromatic rings. The smallest absolute Gasteiger partial charge is 0.359 e. The van der Waals surface area contributed by atoms with Crippen LogP contribution in [0.2, 0.25) is 0 Å². The number of nitrogens with one attached hydrogen (secondary N) is 1. The number of H-pyrrole nitrogens is 1. The van der Waals surface area contributed by atoms with Crippen LogP contribution in [0.4, 0.5) is 0 Å². The average molecular weight is 507 g/mol. The van der Waals surface area contributed by atoms with Gasteiger partial charge in [-0.05, 0) is 43.2 Å². The summed E-state index contributed by atoms with van der Waals surface area (Å²) in [6.07, 6.45) is 6.90. The maximum Gasteiger partial charge on any atom is 0.359 e. The third kappa shape index (κ3) is 4.72. The van der Waals surface area contributed by atoms with E-state index in [2.05, 4.69) is 28.9 Å². The summed E-state index contributed by atoms with van der Waals surface area (Å²) in [6, 6.07) is 6.93. The zero-order chi connectivity index (χ0) is 25.2. The lowest BCUT2D eigenvalue weighted by Gasteiger charge is -2.17. The van der Waals surface area contributed by atoms with Gasteiger partial charge in [-0.25, -0.2) is 14.5 Å². The average Bonchev–Trinajstić information content (AvgIpc) is 3.24. The minimum absolute atomic E-state index is 0.0877. The van der Waals surface area contributed by atoms with Crippen LogP contribution in [-0.4, -0.2) is 25.7 Å². The summed E-state index contributed by atoms with van der Waals surface area (Å²) >= 11 is 1.56. The lowest BCUT2D eigenvalue weighted by molar-refractivity contribution is 0.0455. The molecule has 188 valence electrons. The standard InChI is InChI=1S/C27H30N4O4S/c1-3-4-5-8-13-31-26(33)18-10-7-6-9-17(18)23(30-31)27(34)35-15-21-28-24(32)22-19-12-11-16(2)14-20(19)36-25(22)29-21/h6-7,9-10,16H,3-5,8,11-15H2,1-2H3,(H,28,29,32). The monoisotopic (exact) mass is 506 g/mol. The van der Waals surface area contributed by atoms with E-state index in [0.717, 1.165) is 50.5 Å². The molecule has 0 saturated carbocycles. The van der Waals surface area contributed by atoms with Gasteiger partial charge in [-0.2, -0.15) is 5.10 Å². The van der Waals surface area contributed by atoms with E-state index < -0.39 is 5.97 Å². The van der Waals surface area contributed by atoms with Gasteiger partial charge in [-0.3, -0.25) is 9.59 Å². The Bertz CT molecular complexity index is 1550. The van der Waals surface area contributed by atoms with Crippen molar-refractivity contribution in [2.45, 2.75) is 71.9 Å². The normalized spacial score (nSPS) is 15.3. The van der Waals surface area contributed by atoms with E-state index in [9.17, 15) is 14.4 Å². The van der Waals surface area contributed by atoms with E-state index in [4.69, 9.17) is 4.74 Å². The van der Waals surface area contributed by atoms with E-state index in [1.165, 1.54) is 9.56 Å². The molecule has 0 fully saturated rings. The van der Waals surface area contributed by atoms with Gasteiger partial charge < -0.3 is 9.72 Å². The number of fused-ring (bicyclic) bond motifs is 4. The van der Waals surface area contributed by atoms with E-state index >= 15 is 0 Å². The third-order valence-electron chi connectivity index (χ3n) is 6.84. The summed E-state index contributed by atoms with van der Waals surface area (Å²) in [5.74, 6) is 0.238. The quantitative estimate of drug-likeness (QED) is 0.273. The predicted molar refractivity (Wildman–Crippen MR) is 141 cm³/mol. The minimum atomic E-state index is -0.657. The number of aromatic amines is 1. The number of hydrogen-bond acceptors (Lipinski definition) is 7. The number of carbonyl (C=O) groups excluding carboxylic acids is 1. The highest BCUT2D eigenvalue weighted by molar-refractivity contribution is 7.18. The molecule has 8 nitrogen and oxygen atoms in total. The fourth-order valence-electron chi connectivity index (χ4n) is 4.89. The molecule has 36 heavy (non-hydrogen) atoms. The second-order valence-corrected chi connectivity index (χ2v) is 10.7. The van der Waals surface area contributed by atoms with Crippen LogP contribution >= 0.6 is 11.3 Å². The molecule has 0 spiro atoms. The molecule has 1 aliphatic carbocycles. The number of rotatable bonds is 8. The Morgan fingerprint density at radius 2 is 2.00 bits per heavy atom. The van der Waals surface area contributed by atoms with Crippen LogP contribution in [-0.2, 0) is 30.7 Å². The summed E-state index contributed by atoms with van der Waals surface area (Å²) in [5.41, 5.74) is 0.792. The van der Waals surface area contributed by atoms with Gasteiger partial charge in [-0.1, -0.05) is 51.3 Å². The first-order chi connectivity index (χ1) is 17.5. The Balaban J connectivity index is 1.40. The molecular formula is C27H30N4O4S. The molecule has 1 atom stereocenters. The van der Waals surface area contributed by atoms with Crippen molar-refractivity contribution in [3.63, 3.8) is 0 Å². The molecule has 1 aliphatic rings. The molecule has 9 heteroatoms. The molecule has 3 aromatic heterocycles. The fourth-order valence-corrected chi connectivity index (χ4v) is 6.29. The molecular weight excluding hydrogens is 476 g/mol.